The molecule has 3 aromatic rings. The Labute approximate surface area is 169 Å². The van der Waals surface area contributed by atoms with Crippen molar-refractivity contribution in [2.45, 2.75) is 13.0 Å². The quantitative estimate of drug-likeness (QED) is 0.258. The summed E-state index contributed by atoms with van der Waals surface area (Å²) < 4.78 is 5.71. The van der Waals surface area contributed by atoms with Crippen LogP contribution in [0.2, 0.25) is 10.0 Å². The first-order valence-electron chi connectivity index (χ1n) is 8.51. The third kappa shape index (κ3) is 5.72. The molecule has 136 valence electrons. The number of ether oxygens (including phenoxy) is 1. The van der Waals surface area contributed by atoms with Gasteiger partial charge in [-0.15, -0.1) is 0 Å². The van der Waals surface area contributed by atoms with E-state index in [0.717, 1.165) is 11.1 Å². The predicted octanol–water partition coefficient (Wildman–Crippen LogP) is 6.52. The maximum Gasteiger partial charge on any atom is 0.192 e. The summed E-state index contributed by atoms with van der Waals surface area (Å²) in [5, 5.41) is 1.34. The molecule has 0 radical (unpaired) electrons. The van der Waals surface area contributed by atoms with Gasteiger partial charge in [0.25, 0.3) is 0 Å². The summed E-state index contributed by atoms with van der Waals surface area (Å²) in [5.41, 5.74) is 3.18. The molecule has 0 bridgehead atoms. The number of carbonyl (C=O) groups is 1. The van der Waals surface area contributed by atoms with Crippen molar-refractivity contribution < 1.29 is 9.53 Å². The summed E-state index contributed by atoms with van der Waals surface area (Å²) in [6.07, 6.45) is 2.02. The Morgan fingerprint density at radius 3 is 1.93 bits per heavy atom. The van der Waals surface area contributed by atoms with E-state index in [9.17, 15) is 4.79 Å². The normalized spacial score (nSPS) is 11.3. The minimum Gasteiger partial charge on any atom is -0.496 e. The first-order chi connectivity index (χ1) is 13.1. The number of ketones is 1. The minimum absolute atomic E-state index is 0.0540. The molecule has 0 unspecified atom stereocenters. The molecule has 3 rings (SSSR count). The summed E-state index contributed by atoms with van der Waals surface area (Å²) in [5.74, 6) is -0.0540. The van der Waals surface area contributed by atoms with Crippen LogP contribution in [0, 0.1) is 0 Å². The van der Waals surface area contributed by atoms with Gasteiger partial charge in [-0.1, -0.05) is 77.8 Å². The Balaban J connectivity index is 1.78. The van der Waals surface area contributed by atoms with Crippen molar-refractivity contribution in [2.24, 2.45) is 0 Å². The average molecular weight is 397 g/mol. The van der Waals surface area contributed by atoms with Crippen molar-refractivity contribution in [2.75, 3.05) is 0 Å². The lowest BCUT2D eigenvalue weighted by Crippen LogP contribution is -2.07. The number of benzene rings is 3. The van der Waals surface area contributed by atoms with Crippen molar-refractivity contribution in [3.8, 4) is 0 Å². The van der Waals surface area contributed by atoms with Gasteiger partial charge in [-0.05, 0) is 35.4 Å². The Kier molecular flexibility index (Phi) is 6.69. The molecule has 27 heavy (non-hydrogen) atoms. The fourth-order valence-electron chi connectivity index (χ4n) is 2.59. The number of halogens is 2. The highest BCUT2D eigenvalue weighted by atomic mass is 35.5. The average Bonchev–Trinajstić information content (AvgIpc) is 2.70. The molecule has 0 saturated carbocycles. The number of hydrogen-bond acceptors (Lipinski definition) is 2. The highest BCUT2D eigenvalue weighted by Crippen LogP contribution is 2.18. The van der Waals surface area contributed by atoms with Gasteiger partial charge in [0.1, 0.15) is 6.61 Å². The molecule has 3 aromatic carbocycles. The van der Waals surface area contributed by atoms with E-state index in [1.807, 2.05) is 66.7 Å². The largest absolute Gasteiger partial charge is 0.496 e. The van der Waals surface area contributed by atoms with Crippen molar-refractivity contribution in [3.63, 3.8) is 0 Å². The smallest absolute Gasteiger partial charge is 0.192 e. The fourth-order valence-corrected chi connectivity index (χ4v) is 2.84. The van der Waals surface area contributed by atoms with Gasteiger partial charge in [0.05, 0.1) is 6.26 Å². The van der Waals surface area contributed by atoms with Crippen LogP contribution >= 0.6 is 23.2 Å². The first kappa shape index (κ1) is 19.2. The van der Waals surface area contributed by atoms with Crippen LogP contribution in [0.4, 0.5) is 0 Å². The van der Waals surface area contributed by atoms with E-state index in [4.69, 9.17) is 27.9 Å². The van der Waals surface area contributed by atoms with Gasteiger partial charge in [0.15, 0.2) is 5.78 Å². The van der Waals surface area contributed by atoms with Crippen molar-refractivity contribution in [1.82, 2.24) is 0 Å². The van der Waals surface area contributed by atoms with E-state index in [1.54, 1.807) is 18.4 Å². The van der Waals surface area contributed by atoms with E-state index < -0.39 is 0 Å². The molecule has 4 heteroatoms. The molecule has 0 aliphatic carbocycles. The zero-order valence-corrected chi connectivity index (χ0v) is 16.1. The molecule has 0 aliphatic rings. The van der Waals surface area contributed by atoms with Crippen molar-refractivity contribution in [3.05, 3.63) is 117 Å². The van der Waals surface area contributed by atoms with E-state index in [2.05, 4.69) is 0 Å². The molecule has 2 nitrogen and oxygen atoms in total. The minimum atomic E-state index is -0.0540. The third-order valence-corrected chi connectivity index (χ3v) is 4.53. The number of rotatable bonds is 7. The van der Waals surface area contributed by atoms with Crippen LogP contribution in [-0.2, 0) is 17.8 Å². The number of allylic oxidation sites excluding steroid dienone is 1. The second kappa shape index (κ2) is 9.40. The Morgan fingerprint density at radius 1 is 0.778 bits per heavy atom. The molecule has 0 amide bonds. The maximum absolute atomic E-state index is 12.9. The molecule has 0 aromatic heterocycles. The van der Waals surface area contributed by atoms with Crippen LogP contribution in [-0.4, -0.2) is 5.78 Å². The lowest BCUT2D eigenvalue weighted by molar-refractivity contribution is 0.102. The van der Waals surface area contributed by atoms with Crippen LogP contribution < -0.4 is 0 Å². The summed E-state index contributed by atoms with van der Waals surface area (Å²) in [6.45, 7) is 0.364. The SMILES string of the molecule is O=C(/C(=C/OCc1ccc(Cl)cc1)Cc1ccc(Cl)cc1)c1ccccc1. The second-order valence-electron chi connectivity index (χ2n) is 6.08. The topological polar surface area (TPSA) is 26.3 Å². The fraction of sp³-hybridized carbons (Fsp3) is 0.0870. The maximum atomic E-state index is 12.9. The van der Waals surface area contributed by atoms with Gasteiger partial charge < -0.3 is 4.74 Å². The zero-order valence-electron chi connectivity index (χ0n) is 14.6. The van der Waals surface area contributed by atoms with Gasteiger partial charge >= 0.3 is 0 Å². The summed E-state index contributed by atoms with van der Waals surface area (Å²) >= 11 is 11.9. The van der Waals surface area contributed by atoms with E-state index in [-0.39, 0.29) is 5.78 Å². The lowest BCUT2D eigenvalue weighted by atomic mass is 9.98. The van der Waals surface area contributed by atoms with E-state index in [0.29, 0.717) is 34.2 Å². The van der Waals surface area contributed by atoms with Crippen LogP contribution in [0.5, 0.6) is 0 Å². The highest BCUT2D eigenvalue weighted by molar-refractivity contribution is 6.30. The van der Waals surface area contributed by atoms with Crippen LogP contribution in [0.15, 0.2) is 90.7 Å². The number of carbonyl (C=O) groups excluding carboxylic acids is 1. The highest BCUT2D eigenvalue weighted by Gasteiger charge is 2.13. The van der Waals surface area contributed by atoms with Gasteiger partial charge in [0, 0.05) is 27.6 Å². The molecule has 0 fully saturated rings. The standard InChI is InChI=1S/C23H18Cl2O2/c24-21-10-6-17(7-11-21)14-20(23(26)19-4-2-1-3-5-19)16-27-15-18-8-12-22(25)13-9-18/h1-13,16H,14-15H2/b20-16+. The van der Waals surface area contributed by atoms with Crippen LogP contribution in [0.1, 0.15) is 21.5 Å². The van der Waals surface area contributed by atoms with Crippen LogP contribution in [0.25, 0.3) is 0 Å². The van der Waals surface area contributed by atoms with Crippen molar-refractivity contribution >= 4 is 29.0 Å². The summed E-state index contributed by atoms with van der Waals surface area (Å²) in [4.78, 5) is 12.9. The molecule has 0 aliphatic heterocycles. The van der Waals surface area contributed by atoms with Gasteiger partial charge in [0.2, 0.25) is 0 Å². The van der Waals surface area contributed by atoms with Gasteiger partial charge in [-0.25, -0.2) is 0 Å². The molecule has 0 N–H and O–H groups in total. The first-order valence-corrected chi connectivity index (χ1v) is 9.27. The zero-order chi connectivity index (χ0) is 19.1. The Bertz CT molecular complexity index is 915. The third-order valence-electron chi connectivity index (χ3n) is 4.02. The van der Waals surface area contributed by atoms with Gasteiger partial charge in [-0.2, -0.15) is 0 Å². The Hall–Kier alpha value is -2.55. The molecular weight excluding hydrogens is 379 g/mol. The Morgan fingerprint density at radius 2 is 1.33 bits per heavy atom. The van der Waals surface area contributed by atoms with Crippen molar-refractivity contribution in [1.29, 1.82) is 0 Å². The molecule has 0 heterocycles. The number of Topliss-reactive ketones (excluding diaryl/α,β-unsaturated/α-hetero) is 1. The van der Waals surface area contributed by atoms with Gasteiger partial charge in [-0.3, -0.25) is 4.79 Å². The summed E-state index contributed by atoms with van der Waals surface area (Å²) in [7, 11) is 0. The lowest BCUT2D eigenvalue weighted by Gasteiger charge is -2.09. The molecule has 0 spiro atoms. The van der Waals surface area contributed by atoms with E-state index >= 15 is 0 Å². The monoisotopic (exact) mass is 396 g/mol. The van der Waals surface area contributed by atoms with Crippen LogP contribution in [0.3, 0.4) is 0 Å². The number of hydrogen-bond donors (Lipinski definition) is 0. The second-order valence-corrected chi connectivity index (χ2v) is 6.95. The molecule has 0 saturated heterocycles. The molecule has 0 atom stereocenters. The summed E-state index contributed by atoms with van der Waals surface area (Å²) in [6, 6.07) is 24.1. The van der Waals surface area contributed by atoms with E-state index in [1.165, 1.54) is 0 Å². The predicted molar refractivity (Wildman–Crippen MR) is 110 cm³/mol. The molecular formula is C23H18Cl2O2.